The van der Waals surface area contributed by atoms with Gasteiger partial charge in [-0.25, -0.2) is 0 Å². The van der Waals surface area contributed by atoms with Crippen LogP contribution in [0.15, 0.2) is 0 Å². The van der Waals surface area contributed by atoms with Gasteiger partial charge in [-0.05, 0) is 39.3 Å². The highest BCUT2D eigenvalue weighted by Gasteiger charge is 2.26. The predicted molar refractivity (Wildman–Crippen MR) is 58.3 cm³/mol. The monoisotopic (exact) mass is 202 g/mol. The highest BCUT2D eigenvalue weighted by atomic mass is 19.1. The topological polar surface area (TPSA) is 15.3 Å². The summed E-state index contributed by atoms with van der Waals surface area (Å²) in [5.74, 6) is 0. The quantitative estimate of drug-likeness (QED) is 0.748. The third-order valence-corrected chi connectivity index (χ3v) is 3.16. The van der Waals surface area contributed by atoms with Gasteiger partial charge in [-0.3, -0.25) is 4.39 Å². The fourth-order valence-corrected chi connectivity index (χ4v) is 2.03. The molecular weight excluding hydrogens is 179 g/mol. The zero-order valence-corrected chi connectivity index (χ0v) is 9.48. The maximum atomic E-state index is 12.1. The van der Waals surface area contributed by atoms with E-state index in [0.29, 0.717) is 6.42 Å². The zero-order valence-electron chi connectivity index (χ0n) is 9.48. The van der Waals surface area contributed by atoms with Crippen LogP contribution in [0.2, 0.25) is 0 Å². The van der Waals surface area contributed by atoms with Crippen LogP contribution in [-0.2, 0) is 0 Å². The van der Waals surface area contributed by atoms with E-state index in [4.69, 9.17) is 0 Å². The Bertz CT molecular complexity index is 163. The van der Waals surface area contributed by atoms with Gasteiger partial charge in [0.15, 0.2) is 0 Å². The molecule has 1 rings (SSSR count). The number of nitrogens with one attached hydrogen (secondary N) is 1. The minimum atomic E-state index is -0.188. The Kier molecular flexibility index (Phi) is 4.82. The van der Waals surface area contributed by atoms with Gasteiger partial charge in [0, 0.05) is 18.6 Å². The van der Waals surface area contributed by atoms with Gasteiger partial charge in [0.2, 0.25) is 0 Å². The van der Waals surface area contributed by atoms with E-state index >= 15 is 0 Å². The van der Waals surface area contributed by atoms with E-state index in [1.807, 2.05) is 0 Å². The first-order chi connectivity index (χ1) is 6.70. The lowest BCUT2D eigenvalue weighted by Crippen LogP contribution is -2.48. The van der Waals surface area contributed by atoms with Crippen LogP contribution in [0.5, 0.6) is 0 Å². The molecule has 0 spiro atoms. The largest absolute Gasteiger partial charge is 0.310 e. The molecule has 0 aromatic rings. The standard InChI is InChI=1S/C11H23FN2/c1-3-11(2)10-14(8-4-6-12)9-5-7-13-11/h13H,3-10H2,1-2H3. The van der Waals surface area contributed by atoms with Crippen molar-refractivity contribution < 1.29 is 4.39 Å². The van der Waals surface area contributed by atoms with Crippen molar-refractivity contribution in [1.82, 2.24) is 10.2 Å². The highest BCUT2D eigenvalue weighted by molar-refractivity contribution is 4.87. The molecule has 0 aliphatic carbocycles. The van der Waals surface area contributed by atoms with Crippen molar-refractivity contribution >= 4 is 0 Å². The van der Waals surface area contributed by atoms with E-state index in [9.17, 15) is 4.39 Å². The minimum Gasteiger partial charge on any atom is -0.310 e. The maximum Gasteiger partial charge on any atom is 0.0906 e. The molecule has 0 radical (unpaired) electrons. The van der Waals surface area contributed by atoms with Crippen LogP contribution in [0.3, 0.4) is 0 Å². The molecular formula is C11H23FN2. The molecule has 0 saturated carbocycles. The van der Waals surface area contributed by atoms with E-state index < -0.39 is 0 Å². The molecule has 3 heteroatoms. The van der Waals surface area contributed by atoms with Gasteiger partial charge in [0.1, 0.15) is 0 Å². The van der Waals surface area contributed by atoms with Gasteiger partial charge in [0.05, 0.1) is 6.67 Å². The lowest BCUT2D eigenvalue weighted by Gasteiger charge is -2.32. The smallest absolute Gasteiger partial charge is 0.0906 e. The van der Waals surface area contributed by atoms with Crippen molar-refractivity contribution in [2.75, 3.05) is 32.9 Å². The summed E-state index contributed by atoms with van der Waals surface area (Å²) in [6.07, 6.45) is 3.00. The molecule has 0 aromatic carbocycles. The molecule has 1 aliphatic rings. The number of hydrogen-bond acceptors (Lipinski definition) is 2. The van der Waals surface area contributed by atoms with Gasteiger partial charge in [-0.2, -0.15) is 0 Å². The third kappa shape index (κ3) is 3.54. The van der Waals surface area contributed by atoms with Crippen molar-refractivity contribution in [1.29, 1.82) is 0 Å². The van der Waals surface area contributed by atoms with E-state index in [1.165, 1.54) is 6.42 Å². The predicted octanol–water partition coefficient (Wildman–Crippen LogP) is 1.81. The molecule has 1 N–H and O–H groups in total. The Labute approximate surface area is 86.9 Å². The molecule has 1 fully saturated rings. The van der Waals surface area contributed by atoms with E-state index in [2.05, 4.69) is 24.1 Å². The van der Waals surface area contributed by atoms with Crippen LogP contribution in [0.1, 0.15) is 33.1 Å². The summed E-state index contributed by atoms with van der Waals surface area (Å²) in [6, 6.07) is 0. The first-order valence-electron chi connectivity index (χ1n) is 5.73. The maximum absolute atomic E-state index is 12.1. The summed E-state index contributed by atoms with van der Waals surface area (Å²) in [7, 11) is 0. The van der Waals surface area contributed by atoms with Gasteiger partial charge in [-0.1, -0.05) is 6.92 Å². The average Bonchev–Trinajstić information content (AvgIpc) is 2.38. The van der Waals surface area contributed by atoms with Gasteiger partial charge < -0.3 is 10.2 Å². The number of nitrogens with zero attached hydrogens (tertiary/aromatic N) is 1. The molecule has 1 saturated heterocycles. The van der Waals surface area contributed by atoms with Crippen LogP contribution >= 0.6 is 0 Å². The fourth-order valence-electron chi connectivity index (χ4n) is 2.03. The van der Waals surface area contributed by atoms with Crippen molar-refractivity contribution in [3.63, 3.8) is 0 Å². The number of alkyl halides is 1. The first kappa shape index (κ1) is 11.9. The molecule has 0 amide bonds. The second-order valence-electron chi connectivity index (χ2n) is 4.51. The Morgan fingerprint density at radius 2 is 2.29 bits per heavy atom. The van der Waals surface area contributed by atoms with Crippen LogP contribution < -0.4 is 5.32 Å². The van der Waals surface area contributed by atoms with Gasteiger partial charge in [-0.15, -0.1) is 0 Å². The van der Waals surface area contributed by atoms with Crippen molar-refractivity contribution in [2.24, 2.45) is 0 Å². The van der Waals surface area contributed by atoms with E-state index in [-0.39, 0.29) is 12.2 Å². The average molecular weight is 202 g/mol. The summed E-state index contributed by atoms with van der Waals surface area (Å²) in [4.78, 5) is 2.39. The normalized spacial score (nSPS) is 30.2. The molecule has 1 atom stereocenters. The fraction of sp³-hybridized carbons (Fsp3) is 1.00. The van der Waals surface area contributed by atoms with Crippen molar-refractivity contribution in [3.05, 3.63) is 0 Å². The van der Waals surface area contributed by atoms with Gasteiger partial charge in [0.25, 0.3) is 0 Å². The highest BCUT2D eigenvalue weighted by Crippen LogP contribution is 2.15. The van der Waals surface area contributed by atoms with Crippen LogP contribution in [0.4, 0.5) is 4.39 Å². The summed E-state index contributed by atoms with van der Waals surface area (Å²) in [6.45, 7) is 8.47. The Balaban J connectivity index is 2.43. The number of rotatable bonds is 4. The minimum absolute atomic E-state index is 0.188. The second kappa shape index (κ2) is 5.66. The molecule has 84 valence electrons. The summed E-state index contributed by atoms with van der Waals surface area (Å²) >= 11 is 0. The Morgan fingerprint density at radius 1 is 1.50 bits per heavy atom. The molecule has 0 aromatic heterocycles. The molecule has 0 bridgehead atoms. The zero-order chi connectivity index (χ0) is 10.4. The lowest BCUT2D eigenvalue weighted by molar-refractivity contribution is 0.208. The molecule has 2 nitrogen and oxygen atoms in total. The van der Waals surface area contributed by atoms with Crippen LogP contribution in [0, 0.1) is 0 Å². The van der Waals surface area contributed by atoms with E-state index in [1.54, 1.807) is 0 Å². The second-order valence-corrected chi connectivity index (χ2v) is 4.51. The Morgan fingerprint density at radius 3 is 2.93 bits per heavy atom. The number of hydrogen-bond donors (Lipinski definition) is 1. The van der Waals surface area contributed by atoms with Crippen LogP contribution in [-0.4, -0.2) is 43.3 Å². The molecule has 14 heavy (non-hydrogen) atoms. The summed E-state index contributed by atoms with van der Waals surface area (Å²) < 4.78 is 12.1. The summed E-state index contributed by atoms with van der Waals surface area (Å²) in [5.41, 5.74) is 0.229. The molecule has 1 aliphatic heterocycles. The third-order valence-electron chi connectivity index (χ3n) is 3.16. The van der Waals surface area contributed by atoms with E-state index in [0.717, 1.165) is 32.6 Å². The van der Waals surface area contributed by atoms with Crippen molar-refractivity contribution in [2.45, 2.75) is 38.6 Å². The number of halogens is 1. The van der Waals surface area contributed by atoms with Crippen molar-refractivity contribution in [3.8, 4) is 0 Å². The van der Waals surface area contributed by atoms with Gasteiger partial charge >= 0.3 is 0 Å². The molecule has 1 heterocycles. The SMILES string of the molecule is CCC1(C)CN(CCCF)CCCN1. The Hall–Kier alpha value is -0.150. The summed E-state index contributed by atoms with van der Waals surface area (Å²) in [5, 5.41) is 3.58. The van der Waals surface area contributed by atoms with Crippen LogP contribution in [0.25, 0.3) is 0 Å². The first-order valence-corrected chi connectivity index (χ1v) is 5.73. The lowest BCUT2D eigenvalue weighted by atomic mass is 9.98. The molecule has 1 unspecified atom stereocenters.